The van der Waals surface area contributed by atoms with Crippen LogP contribution in [0.25, 0.3) is 11.0 Å². The number of hydrogen-bond acceptors (Lipinski definition) is 4. The molecule has 0 spiro atoms. The highest BCUT2D eigenvalue weighted by Crippen LogP contribution is 2.24. The summed E-state index contributed by atoms with van der Waals surface area (Å²) in [6, 6.07) is 6.78. The molecule has 0 amide bonds. The molecule has 96 valence electrons. The molecule has 0 saturated heterocycles. The van der Waals surface area contributed by atoms with E-state index >= 15 is 0 Å². The Hall–Kier alpha value is -1.73. The number of nitrogens with zero attached hydrogens (tertiary/aromatic N) is 3. The van der Waals surface area contributed by atoms with E-state index in [0.717, 1.165) is 14.9 Å². The Morgan fingerprint density at radius 2 is 2.26 bits per heavy atom. The molecule has 3 aromatic rings. The standard InChI is InChI=1S/C12H8BrN3O2S/c13-8-3-4-19-11(8)6-16-10-5-7(12(17)18)1-2-9(10)14-15-16/h1-5H,6H2,(H,17,18). The van der Waals surface area contributed by atoms with Gasteiger partial charge in [-0.3, -0.25) is 0 Å². The lowest BCUT2D eigenvalue weighted by molar-refractivity contribution is 0.0697. The van der Waals surface area contributed by atoms with Crippen molar-refractivity contribution in [2.24, 2.45) is 0 Å². The second-order valence-electron chi connectivity index (χ2n) is 3.95. The average molecular weight is 338 g/mol. The van der Waals surface area contributed by atoms with E-state index in [1.54, 1.807) is 28.2 Å². The molecule has 0 aliphatic heterocycles. The molecule has 0 atom stereocenters. The number of fused-ring (bicyclic) bond motifs is 1. The van der Waals surface area contributed by atoms with Crippen LogP contribution in [0, 0.1) is 0 Å². The molecule has 7 heteroatoms. The van der Waals surface area contributed by atoms with E-state index in [-0.39, 0.29) is 5.56 Å². The van der Waals surface area contributed by atoms with Crippen LogP contribution in [-0.4, -0.2) is 26.1 Å². The molecule has 0 aliphatic carbocycles. The molecule has 0 fully saturated rings. The zero-order valence-corrected chi connectivity index (χ0v) is 12.0. The molecule has 1 N–H and O–H groups in total. The van der Waals surface area contributed by atoms with E-state index in [1.807, 2.05) is 11.4 Å². The predicted octanol–water partition coefficient (Wildman–Crippen LogP) is 3.00. The fourth-order valence-electron chi connectivity index (χ4n) is 1.79. The van der Waals surface area contributed by atoms with Gasteiger partial charge in [-0.05, 0) is 45.6 Å². The van der Waals surface area contributed by atoms with Gasteiger partial charge in [0, 0.05) is 9.35 Å². The number of aromatic nitrogens is 3. The third-order valence-electron chi connectivity index (χ3n) is 2.75. The number of benzene rings is 1. The summed E-state index contributed by atoms with van der Waals surface area (Å²) < 4.78 is 2.73. The lowest BCUT2D eigenvalue weighted by atomic mass is 10.2. The van der Waals surface area contributed by atoms with E-state index in [4.69, 9.17) is 5.11 Å². The molecule has 0 aliphatic rings. The van der Waals surface area contributed by atoms with Crippen LogP contribution in [0.2, 0.25) is 0 Å². The highest BCUT2D eigenvalue weighted by atomic mass is 79.9. The van der Waals surface area contributed by atoms with Crippen LogP contribution in [0.15, 0.2) is 34.1 Å². The summed E-state index contributed by atoms with van der Waals surface area (Å²) in [7, 11) is 0. The van der Waals surface area contributed by atoms with Crippen LogP contribution in [0.3, 0.4) is 0 Å². The molecule has 2 heterocycles. The Morgan fingerprint density at radius 3 is 2.95 bits per heavy atom. The highest BCUT2D eigenvalue weighted by Gasteiger charge is 2.11. The first kappa shape index (κ1) is 12.3. The smallest absolute Gasteiger partial charge is 0.335 e. The minimum absolute atomic E-state index is 0.237. The fourth-order valence-corrected chi connectivity index (χ4v) is 3.25. The molecule has 1 aromatic carbocycles. The summed E-state index contributed by atoms with van der Waals surface area (Å²) in [5.74, 6) is -0.952. The number of hydrogen-bond donors (Lipinski definition) is 1. The summed E-state index contributed by atoms with van der Waals surface area (Å²) in [5.41, 5.74) is 1.65. The van der Waals surface area contributed by atoms with Crippen molar-refractivity contribution in [1.29, 1.82) is 0 Å². The van der Waals surface area contributed by atoms with Crippen molar-refractivity contribution < 1.29 is 9.90 Å². The van der Waals surface area contributed by atoms with Gasteiger partial charge in [-0.1, -0.05) is 5.21 Å². The number of carboxylic acids is 1. The van der Waals surface area contributed by atoms with Crippen molar-refractivity contribution in [2.75, 3.05) is 0 Å². The molecular formula is C12H8BrN3O2S. The third-order valence-corrected chi connectivity index (χ3v) is 4.66. The van der Waals surface area contributed by atoms with Gasteiger partial charge < -0.3 is 5.11 Å². The zero-order valence-electron chi connectivity index (χ0n) is 9.58. The maximum absolute atomic E-state index is 11.0. The molecule has 3 rings (SSSR count). The number of rotatable bonds is 3. The summed E-state index contributed by atoms with van der Waals surface area (Å²) in [6.45, 7) is 0.567. The first-order valence-corrected chi connectivity index (χ1v) is 7.11. The highest BCUT2D eigenvalue weighted by molar-refractivity contribution is 9.10. The maximum Gasteiger partial charge on any atom is 0.335 e. The number of aromatic carboxylic acids is 1. The van der Waals surface area contributed by atoms with Crippen molar-refractivity contribution >= 4 is 44.3 Å². The van der Waals surface area contributed by atoms with Crippen molar-refractivity contribution in [3.63, 3.8) is 0 Å². The molecule has 0 saturated carbocycles. The summed E-state index contributed by atoms with van der Waals surface area (Å²) >= 11 is 5.08. The van der Waals surface area contributed by atoms with Crippen molar-refractivity contribution in [3.05, 3.63) is 44.6 Å². The van der Waals surface area contributed by atoms with Crippen molar-refractivity contribution in [2.45, 2.75) is 6.54 Å². The molecule has 0 radical (unpaired) electrons. The Bertz CT molecular complexity index is 765. The van der Waals surface area contributed by atoms with Gasteiger partial charge in [0.25, 0.3) is 0 Å². The second kappa shape index (κ2) is 4.75. The van der Waals surface area contributed by atoms with E-state index in [9.17, 15) is 4.79 Å². The van der Waals surface area contributed by atoms with E-state index in [2.05, 4.69) is 26.2 Å². The second-order valence-corrected chi connectivity index (χ2v) is 5.80. The lowest BCUT2D eigenvalue weighted by Crippen LogP contribution is -2.02. The van der Waals surface area contributed by atoms with E-state index in [1.165, 1.54) is 6.07 Å². The zero-order chi connectivity index (χ0) is 13.4. The topological polar surface area (TPSA) is 68.0 Å². The molecular weight excluding hydrogens is 330 g/mol. The predicted molar refractivity (Wildman–Crippen MR) is 75.6 cm³/mol. The van der Waals surface area contributed by atoms with Crippen LogP contribution in [0.5, 0.6) is 0 Å². The minimum atomic E-state index is -0.952. The lowest BCUT2D eigenvalue weighted by Gasteiger charge is -2.01. The number of thiophene rings is 1. The van der Waals surface area contributed by atoms with Gasteiger partial charge in [0.05, 0.1) is 17.6 Å². The monoisotopic (exact) mass is 337 g/mol. The Labute approximate surface area is 120 Å². The van der Waals surface area contributed by atoms with Crippen LogP contribution in [-0.2, 0) is 6.54 Å². The van der Waals surface area contributed by atoms with Gasteiger partial charge in [-0.15, -0.1) is 16.4 Å². The first-order chi connectivity index (χ1) is 9.15. The minimum Gasteiger partial charge on any atom is -0.478 e. The number of carboxylic acid groups (broad SMARTS) is 1. The van der Waals surface area contributed by atoms with Gasteiger partial charge in [0.2, 0.25) is 0 Å². The summed E-state index contributed by atoms with van der Waals surface area (Å²) in [6.07, 6.45) is 0. The molecule has 19 heavy (non-hydrogen) atoms. The quantitative estimate of drug-likeness (QED) is 0.797. The normalized spacial score (nSPS) is 11.0. The number of carbonyl (C=O) groups is 1. The van der Waals surface area contributed by atoms with Crippen LogP contribution in [0.1, 0.15) is 15.2 Å². The first-order valence-electron chi connectivity index (χ1n) is 5.43. The number of halogens is 1. The van der Waals surface area contributed by atoms with Crippen molar-refractivity contribution in [1.82, 2.24) is 15.0 Å². The average Bonchev–Trinajstić information content (AvgIpc) is 2.97. The van der Waals surface area contributed by atoms with Gasteiger partial charge >= 0.3 is 5.97 Å². The fraction of sp³-hybridized carbons (Fsp3) is 0.0833. The van der Waals surface area contributed by atoms with E-state index < -0.39 is 5.97 Å². The van der Waals surface area contributed by atoms with Gasteiger partial charge in [0.1, 0.15) is 5.52 Å². The van der Waals surface area contributed by atoms with Gasteiger partial charge in [-0.2, -0.15) is 0 Å². The largest absolute Gasteiger partial charge is 0.478 e. The molecule has 0 unspecified atom stereocenters. The summed E-state index contributed by atoms with van der Waals surface area (Å²) in [4.78, 5) is 12.1. The van der Waals surface area contributed by atoms with Crippen LogP contribution < -0.4 is 0 Å². The molecule has 0 bridgehead atoms. The Morgan fingerprint density at radius 1 is 1.42 bits per heavy atom. The van der Waals surface area contributed by atoms with Crippen molar-refractivity contribution in [3.8, 4) is 0 Å². The Kier molecular flexibility index (Phi) is 3.08. The third kappa shape index (κ3) is 2.26. The maximum atomic E-state index is 11.0. The van der Waals surface area contributed by atoms with Crippen LogP contribution >= 0.6 is 27.3 Å². The van der Waals surface area contributed by atoms with Gasteiger partial charge in [-0.25, -0.2) is 9.48 Å². The van der Waals surface area contributed by atoms with Crippen LogP contribution in [0.4, 0.5) is 0 Å². The molecule has 2 aromatic heterocycles. The van der Waals surface area contributed by atoms with E-state index in [0.29, 0.717) is 12.1 Å². The SMILES string of the molecule is O=C(O)c1ccc2nnn(Cc3sccc3Br)c2c1. The summed E-state index contributed by atoms with van der Waals surface area (Å²) in [5, 5.41) is 19.1. The Balaban J connectivity index is 2.06. The molecule has 5 nitrogen and oxygen atoms in total. The van der Waals surface area contributed by atoms with Gasteiger partial charge in [0.15, 0.2) is 0 Å².